The molecular weight excluding hydrogens is 377 g/mol. The van der Waals surface area contributed by atoms with Crippen molar-refractivity contribution >= 4 is 12.0 Å². The normalized spacial score (nSPS) is 15.3. The average Bonchev–Trinajstić information content (AvgIpc) is 3.04. The first-order valence-corrected chi connectivity index (χ1v) is 8.69. The SMILES string of the molecule is COC(=O)N1CCCN(C(=O)c2ccc(-c3cccc(C(F)(F)F)c3)o2)CC1. The fraction of sp³-hybridized carbons (Fsp3) is 0.368. The van der Waals surface area contributed by atoms with Crippen molar-refractivity contribution in [2.45, 2.75) is 12.6 Å². The molecule has 28 heavy (non-hydrogen) atoms. The second kappa shape index (κ2) is 7.95. The molecule has 0 bridgehead atoms. The minimum atomic E-state index is -4.46. The molecule has 1 fully saturated rings. The third kappa shape index (κ3) is 4.29. The van der Waals surface area contributed by atoms with Crippen molar-refractivity contribution in [1.29, 1.82) is 0 Å². The van der Waals surface area contributed by atoms with Crippen molar-refractivity contribution in [3.05, 3.63) is 47.7 Å². The molecule has 150 valence electrons. The van der Waals surface area contributed by atoms with Gasteiger partial charge >= 0.3 is 12.3 Å². The van der Waals surface area contributed by atoms with E-state index in [0.29, 0.717) is 32.6 Å². The molecule has 0 atom stereocenters. The number of amides is 2. The van der Waals surface area contributed by atoms with Gasteiger partial charge in [0.05, 0.1) is 12.7 Å². The topological polar surface area (TPSA) is 63.0 Å². The molecule has 1 aliphatic heterocycles. The van der Waals surface area contributed by atoms with Gasteiger partial charge in [-0.2, -0.15) is 13.2 Å². The van der Waals surface area contributed by atoms with Gasteiger partial charge in [0.25, 0.3) is 5.91 Å². The maximum Gasteiger partial charge on any atom is 0.416 e. The summed E-state index contributed by atoms with van der Waals surface area (Å²) in [5.74, 6) is -0.149. The number of methoxy groups -OCH3 is 1. The van der Waals surface area contributed by atoms with Gasteiger partial charge in [-0.25, -0.2) is 4.79 Å². The second-order valence-electron chi connectivity index (χ2n) is 6.35. The van der Waals surface area contributed by atoms with E-state index in [1.165, 1.54) is 36.3 Å². The summed E-state index contributed by atoms with van der Waals surface area (Å²) in [4.78, 5) is 27.4. The number of halogens is 3. The Morgan fingerprint density at radius 2 is 1.75 bits per heavy atom. The summed E-state index contributed by atoms with van der Waals surface area (Å²) in [5.41, 5.74) is -0.550. The molecule has 0 radical (unpaired) electrons. The Balaban J connectivity index is 1.73. The third-order valence-electron chi connectivity index (χ3n) is 4.51. The molecule has 0 N–H and O–H groups in total. The quantitative estimate of drug-likeness (QED) is 0.773. The predicted octanol–water partition coefficient (Wildman–Crippen LogP) is 3.88. The Hall–Kier alpha value is -2.97. The van der Waals surface area contributed by atoms with Crippen molar-refractivity contribution in [1.82, 2.24) is 9.80 Å². The monoisotopic (exact) mass is 396 g/mol. The molecule has 1 aliphatic rings. The van der Waals surface area contributed by atoms with E-state index < -0.39 is 17.8 Å². The molecule has 2 aromatic rings. The number of hydrogen-bond donors (Lipinski definition) is 0. The summed E-state index contributed by atoms with van der Waals surface area (Å²) >= 11 is 0. The van der Waals surface area contributed by atoms with E-state index in [4.69, 9.17) is 9.15 Å². The molecule has 6 nitrogen and oxygen atoms in total. The number of benzene rings is 1. The van der Waals surface area contributed by atoms with Crippen molar-refractivity contribution in [3.63, 3.8) is 0 Å². The van der Waals surface area contributed by atoms with Crippen LogP contribution < -0.4 is 0 Å². The van der Waals surface area contributed by atoms with E-state index in [9.17, 15) is 22.8 Å². The first-order valence-electron chi connectivity index (χ1n) is 8.69. The Labute approximate surface area is 159 Å². The summed E-state index contributed by atoms with van der Waals surface area (Å²) < 4.78 is 48.9. The number of carbonyl (C=O) groups is 2. The van der Waals surface area contributed by atoms with E-state index in [1.54, 1.807) is 4.90 Å². The first-order chi connectivity index (χ1) is 13.3. The number of rotatable bonds is 2. The van der Waals surface area contributed by atoms with Gasteiger partial charge < -0.3 is 19.0 Å². The van der Waals surface area contributed by atoms with Gasteiger partial charge in [-0.1, -0.05) is 12.1 Å². The number of hydrogen-bond acceptors (Lipinski definition) is 4. The molecule has 1 saturated heterocycles. The predicted molar refractivity (Wildman–Crippen MR) is 93.6 cm³/mol. The Kier molecular flexibility index (Phi) is 5.62. The van der Waals surface area contributed by atoms with Crippen molar-refractivity contribution in [3.8, 4) is 11.3 Å². The largest absolute Gasteiger partial charge is 0.453 e. The minimum Gasteiger partial charge on any atom is -0.453 e. The fourth-order valence-corrected chi connectivity index (χ4v) is 3.04. The van der Waals surface area contributed by atoms with Crippen LogP contribution in [0.1, 0.15) is 22.5 Å². The van der Waals surface area contributed by atoms with Gasteiger partial charge in [-0.3, -0.25) is 4.79 Å². The molecule has 9 heteroatoms. The van der Waals surface area contributed by atoms with Gasteiger partial charge in [0.15, 0.2) is 5.76 Å². The van der Waals surface area contributed by atoms with E-state index in [-0.39, 0.29) is 23.0 Å². The third-order valence-corrected chi connectivity index (χ3v) is 4.51. The van der Waals surface area contributed by atoms with E-state index >= 15 is 0 Å². The molecule has 1 aromatic heterocycles. The lowest BCUT2D eigenvalue weighted by Crippen LogP contribution is -2.37. The lowest BCUT2D eigenvalue weighted by atomic mass is 10.1. The molecule has 0 unspecified atom stereocenters. The Bertz CT molecular complexity index is 863. The van der Waals surface area contributed by atoms with E-state index in [2.05, 4.69) is 0 Å². The minimum absolute atomic E-state index is 0.0407. The lowest BCUT2D eigenvalue weighted by molar-refractivity contribution is -0.137. The van der Waals surface area contributed by atoms with Crippen LogP contribution in [0.3, 0.4) is 0 Å². The van der Waals surface area contributed by atoms with Crippen LogP contribution in [0.2, 0.25) is 0 Å². The van der Waals surface area contributed by atoms with Gasteiger partial charge in [-0.05, 0) is 30.7 Å². The van der Waals surface area contributed by atoms with Crippen molar-refractivity contribution < 1.29 is 31.9 Å². The summed E-state index contributed by atoms with van der Waals surface area (Å²) in [6, 6.07) is 7.65. The lowest BCUT2D eigenvalue weighted by Gasteiger charge is -2.20. The molecule has 2 amide bonds. The molecule has 1 aromatic carbocycles. The smallest absolute Gasteiger partial charge is 0.416 e. The van der Waals surface area contributed by atoms with E-state index in [1.807, 2.05) is 0 Å². The molecular formula is C19H19F3N2O4. The van der Waals surface area contributed by atoms with Gasteiger partial charge in [0, 0.05) is 31.7 Å². The molecule has 0 aliphatic carbocycles. The van der Waals surface area contributed by atoms with Crippen LogP contribution in [0.5, 0.6) is 0 Å². The molecule has 0 spiro atoms. The molecule has 2 heterocycles. The van der Waals surface area contributed by atoms with Crippen molar-refractivity contribution in [2.75, 3.05) is 33.3 Å². The maximum absolute atomic E-state index is 12.9. The number of ether oxygens (including phenoxy) is 1. The summed E-state index contributed by atoms with van der Waals surface area (Å²) in [7, 11) is 1.30. The zero-order chi connectivity index (χ0) is 20.3. The summed E-state index contributed by atoms with van der Waals surface area (Å²) in [5, 5.41) is 0. The highest BCUT2D eigenvalue weighted by Gasteiger charge is 2.31. The molecule has 0 saturated carbocycles. The van der Waals surface area contributed by atoms with Crippen LogP contribution in [0.25, 0.3) is 11.3 Å². The number of alkyl halides is 3. The maximum atomic E-state index is 12.9. The Morgan fingerprint density at radius 3 is 2.46 bits per heavy atom. The van der Waals surface area contributed by atoms with E-state index in [0.717, 1.165) is 12.1 Å². The van der Waals surface area contributed by atoms with Gasteiger partial charge in [0.1, 0.15) is 5.76 Å². The summed E-state index contributed by atoms with van der Waals surface area (Å²) in [6.45, 7) is 1.56. The number of furan rings is 1. The Morgan fingerprint density at radius 1 is 1.04 bits per heavy atom. The first kappa shape index (κ1) is 19.8. The standard InChI is InChI=1S/C19H19F3N2O4/c1-27-18(26)24-9-3-8-23(10-11-24)17(25)16-7-6-15(28-16)13-4-2-5-14(12-13)19(20,21)22/h2,4-7,12H,3,8-11H2,1H3. The van der Waals surface area contributed by atoms with Crippen LogP contribution in [0.4, 0.5) is 18.0 Å². The molecule has 3 rings (SSSR count). The highest BCUT2D eigenvalue weighted by Crippen LogP contribution is 2.32. The zero-order valence-corrected chi connectivity index (χ0v) is 15.2. The van der Waals surface area contributed by atoms with Crippen LogP contribution in [0, 0.1) is 0 Å². The zero-order valence-electron chi connectivity index (χ0n) is 15.2. The van der Waals surface area contributed by atoms with Crippen LogP contribution in [-0.2, 0) is 10.9 Å². The number of carbonyl (C=O) groups excluding carboxylic acids is 2. The highest BCUT2D eigenvalue weighted by molar-refractivity contribution is 5.92. The van der Waals surface area contributed by atoms with Gasteiger partial charge in [0.2, 0.25) is 0 Å². The van der Waals surface area contributed by atoms with Crippen LogP contribution >= 0.6 is 0 Å². The second-order valence-corrected chi connectivity index (χ2v) is 6.35. The average molecular weight is 396 g/mol. The van der Waals surface area contributed by atoms with Gasteiger partial charge in [-0.15, -0.1) is 0 Å². The van der Waals surface area contributed by atoms with Crippen molar-refractivity contribution in [2.24, 2.45) is 0 Å². The fourth-order valence-electron chi connectivity index (χ4n) is 3.04. The number of nitrogens with zero attached hydrogens (tertiary/aromatic N) is 2. The van der Waals surface area contributed by atoms with Crippen LogP contribution in [-0.4, -0.2) is 55.1 Å². The summed E-state index contributed by atoms with van der Waals surface area (Å²) in [6.07, 6.45) is -4.32. The highest BCUT2D eigenvalue weighted by atomic mass is 19.4. The van der Waals surface area contributed by atoms with Crippen LogP contribution in [0.15, 0.2) is 40.8 Å².